The van der Waals surface area contributed by atoms with E-state index in [2.05, 4.69) is 12.1 Å². The Morgan fingerprint density at radius 2 is 1.65 bits per heavy atom. The second-order valence-electron chi connectivity index (χ2n) is 7.13. The molecule has 1 aliphatic carbocycles. The second-order valence-corrected chi connectivity index (χ2v) is 7.13. The van der Waals surface area contributed by atoms with Crippen LogP contribution in [0.25, 0.3) is 0 Å². The van der Waals surface area contributed by atoms with Crippen LogP contribution in [0.5, 0.6) is 0 Å². The summed E-state index contributed by atoms with van der Waals surface area (Å²) in [6.07, 6.45) is 2.63. The molecule has 3 unspecified atom stereocenters. The number of likely N-dealkylation sites (tertiary alicyclic amines) is 1. The van der Waals surface area contributed by atoms with Gasteiger partial charge in [0, 0.05) is 18.0 Å². The van der Waals surface area contributed by atoms with E-state index in [1.807, 2.05) is 36.4 Å². The lowest BCUT2D eigenvalue weighted by molar-refractivity contribution is -0.139. The Labute approximate surface area is 153 Å². The van der Waals surface area contributed by atoms with Gasteiger partial charge in [0.05, 0.1) is 12.7 Å². The Hall–Kier alpha value is -2.46. The van der Waals surface area contributed by atoms with Gasteiger partial charge in [0.2, 0.25) is 5.91 Å². The number of carbonyl (C=O) groups is 2. The number of benzene rings is 2. The van der Waals surface area contributed by atoms with E-state index in [0.717, 1.165) is 24.8 Å². The summed E-state index contributed by atoms with van der Waals surface area (Å²) in [5.74, 6) is -0.0631. The second kappa shape index (κ2) is 7.42. The van der Waals surface area contributed by atoms with Gasteiger partial charge in [-0.1, -0.05) is 48.5 Å². The summed E-state index contributed by atoms with van der Waals surface area (Å²) in [6, 6.07) is 19.2. The molecule has 4 nitrogen and oxygen atoms in total. The first-order chi connectivity index (χ1) is 12.7. The first-order valence-electron chi connectivity index (χ1n) is 9.30. The number of ether oxygens (including phenoxy) is 1. The van der Waals surface area contributed by atoms with Crippen LogP contribution in [0.15, 0.2) is 60.7 Å². The van der Waals surface area contributed by atoms with Crippen molar-refractivity contribution in [2.75, 3.05) is 6.54 Å². The standard InChI is InChI=1S/C22H23NO3/c24-21(17-9-5-2-6-10-17)23-14-13-18-19(22(23)25)11-12-20(18)26-15-16-7-3-1-4-8-16/h1-10,18-20H,11-15H2. The van der Waals surface area contributed by atoms with Crippen LogP contribution in [0.3, 0.4) is 0 Å². The molecule has 0 N–H and O–H groups in total. The molecule has 4 heteroatoms. The highest BCUT2D eigenvalue weighted by molar-refractivity contribution is 6.05. The zero-order valence-corrected chi connectivity index (χ0v) is 14.7. The highest BCUT2D eigenvalue weighted by Crippen LogP contribution is 2.41. The van der Waals surface area contributed by atoms with Crippen molar-refractivity contribution in [1.29, 1.82) is 0 Å². The van der Waals surface area contributed by atoms with Gasteiger partial charge < -0.3 is 4.74 Å². The lowest BCUT2D eigenvalue weighted by atomic mass is 9.86. The van der Waals surface area contributed by atoms with Gasteiger partial charge in [0.25, 0.3) is 5.91 Å². The van der Waals surface area contributed by atoms with Crippen LogP contribution >= 0.6 is 0 Å². The first kappa shape index (κ1) is 17.0. The number of hydrogen-bond donors (Lipinski definition) is 0. The smallest absolute Gasteiger partial charge is 0.260 e. The maximum absolute atomic E-state index is 12.9. The van der Waals surface area contributed by atoms with Gasteiger partial charge in [0.15, 0.2) is 0 Å². The van der Waals surface area contributed by atoms with Gasteiger partial charge >= 0.3 is 0 Å². The summed E-state index contributed by atoms with van der Waals surface area (Å²) in [5.41, 5.74) is 1.73. The van der Waals surface area contributed by atoms with Gasteiger partial charge in [-0.05, 0) is 42.9 Å². The maximum atomic E-state index is 12.9. The van der Waals surface area contributed by atoms with Crippen LogP contribution < -0.4 is 0 Å². The summed E-state index contributed by atoms with van der Waals surface area (Å²) in [4.78, 5) is 27.0. The van der Waals surface area contributed by atoms with E-state index in [1.54, 1.807) is 12.1 Å². The number of hydrogen-bond acceptors (Lipinski definition) is 3. The third kappa shape index (κ3) is 3.29. The Kier molecular flexibility index (Phi) is 4.85. The van der Waals surface area contributed by atoms with Crippen LogP contribution in [-0.4, -0.2) is 29.4 Å². The molecule has 3 atom stereocenters. The zero-order valence-electron chi connectivity index (χ0n) is 14.7. The van der Waals surface area contributed by atoms with E-state index in [-0.39, 0.29) is 29.8 Å². The molecule has 1 saturated heterocycles. The number of nitrogens with zero attached hydrogens (tertiary/aromatic N) is 1. The van der Waals surface area contributed by atoms with Crippen molar-refractivity contribution in [2.45, 2.75) is 32.0 Å². The number of rotatable bonds is 4. The van der Waals surface area contributed by atoms with Crippen LogP contribution in [0.4, 0.5) is 0 Å². The van der Waals surface area contributed by atoms with Crippen LogP contribution in [-0.2, 0) is 16.1 Å². The highest BCUT2D eigenvalue weighted by atomic mass is 16.5. The molecule has 2 aromatic carbocycles. The van der Waals surface area contributed by atoms with Gasteiger partial charge in [-0.15, -0.1) is 0 Å². The zero-order chi connectivity index (χ0) is 17.9. The quantitative estimate of drug-likeness (QED) is 0.791. The van der Waals surface area contributed by atoms with Crippen LogP contribution in [0.1, 0.15) is 35.2 Å². The molecule has 0 bridgehead atoms. The molecule has 26 heavy (non-hydrogen) atoms. The Balaban J connectivity index is 1.40. The molecule has 0 spiro atoms. The average molecular weight is 349 g/mol. The minimum atomic E-state index is -0.178. The van der Waals surface area contributed by atoms with Gasteiger partial charge in [-0.25, -0.2) is 0 Å². The Bertz CT molecular complexity index is 774. The molecule has 134 valence electrons. The van der Waals surface area contributed by atoms with Crippen molar-refractivity contribution in [1.82, 2.24) is 4.90 Å². The van der Waals surface area contributed by atoms with E-state index < -0.39 is 0 Å². The van der Waals surface area contributed by atoms with E-state index in [0.29, 0.717) is 18.7 Å². The summed E-state index contributed by atoms with van der Waals surface area (Å²) in [6.45, 7) is 1.06. The molecule has 4 rings (SSSR count). The summed E-state index contributed by atoms with van der Waals surface area (Å²) in [7, 11) is 0. The molecule has 1 aliphatic heterocycles. The third-order valence-electron chi connectivity index (χ3n) is 5.60. The normalized spacial score (nSPS) is 25.2. The van der Waals surface area contributed by atoms with Crippen molar-refractivity contribution >= 4 is 11.8 Å². The molecular weight excluding hydrogens is 326 g/mol. The number of amides is 2. The predicted octanol–water partition coefficient (Wildman–Crippen LogP) is 3.67. The first-order valence-corrected chi connectivity index (χ1v) is 9.30. The molecule has 1 saturated carbocycles. The van der Waals surface area contributed by atoms with Crippen molar-refractivity contribution < 1.29 is 14.3 Å². The summed E-state index contributed by atoms with van der Waals surface area (Å²) >= 11 is 0. The summed E-state index contributed by atoms with van der Waals surface area (Å²) in [5, 5.41) is 0. The van der Waals surface area contributed by atoms with Crippen LogP contribution in [0.2, 0.25) is 0 Å². The van der Waals surface area contributed by atoms with Crippen molar-refractivity contribution in [3.05, 3.63) is 71.8 Å². The maximum Gasteiger partial charge on any atom is 0.260 e. The minimum Gasteiger partial charge on any atom is -0.373 e. The molecule has 2 amide bonds. The van der Waals surface area contributed by atoms with Gasteiger partial charge in [-0.2, -0.15) is 0 Å². The van der Waals surface area contributed by atoms with E-state index in [4.69, 9.17) is 4.74 Å². The van der Waals surface area contributed by atoms with Crippen molar-refractivity contribution in [2.24, 2.45) is 11.8 Å². The fourth-order valence-corrected chi connectivity index (χ4v) is 4.24. The minimum absolute atomic E-state index is 0.0269. The number of piperidine rings is 1. The molecule has 2 fully saturated rings. The monoisotopic (exact) mass is 349 g/mol. The number of imide groups is 1. The molecule has 0 aromatic heterocycles. The van der Waals surface area contributed by atoms with Gasteiger partial charge in [0.1, 0.15) is 0 Å². The Morgan fingerprint density at radius 1 is 0.962 bits per heavy atom. The molecule has 0 radical (unpaired) electrons. The topological polar surface area (TPSA) is 46.6 Å². The molecule has 1 heterocycles. The largest absolute Gasteiger partial charge is 0.373 e. The molecular formula is C22H23NO3. The fourth-order valence-electron chi connectivity index (χ4n) is 4.24. The summed E-state index contributed by atoms with van der Waals surface area (Å²) < 4.78 is 6.13. The SMILES string of the molecule is O=C(c1ccccc1)N1CCC2C(OCc3ccccc3)CCC2C1=O. The average Bonchev–Trinajstić information content (AvgIpc) is 3.12. The fraction of sp³-hybridized carbons (Fsp3) is 0.364. The van der Waals surface area contributed by atoms with Crippen molar-refractivity contribution in [3.8, 4) is 0 Å². The molecule has 2 aromatic rings. The lowest BCUT2D eigenvalue weighted by Crippen LogP contribution is -2.48. The van der Waals surface area contributed by atoms with E-state index in [1.165, 1.54) is 4.90 Å². The number of carbonyl (C=O) groups excluding carboxylic acids is 2. The number of fused-ring (bicyclic) bond motifs is 1. The van der Waals surface area contributed by atoms with Crippen molar-refractivity contribution in [3.63, 3.8) is 0 Å². The van der Waals surface area contributed by atoms with E-state index in [9.17, 15) is 9.59 Å². The lowest BCUT2D eigenvalue weighted by Gasteiger charge is -2.35. The Morgan fingerprint density at radius 3 is 2.38 bits per heavy atom. The predicted molar refractivity (Wildman–Crippen MR) is 98.3 cm³/mol. The third-order valence-corrected chi connectivity index (χ3v) is 5.60. The highest BCUT2D eigenvalue weighted by Gasteiger charge is 2.46. The molecule has 2 aliphatic rings. The van der Waals surface area contributed by atoms with Gasteiger partial charge in [-0.3, -0.25) is 14.5 Å². The van der Waals surface area contributed by atoms with E-state index >= 15 is 0 Å². The van der Waals surface area contributed by atoms with Crippen LogP contribution in [0, 0.1) is 11.8 Å².